The van der Waals surface area contributed by atoms with E-state index in [0.29, 0.717) is 5.92 Å². The van der Waals surface area contributed by atoms with Crippen molar-refractivity contribution >= 4 is 5.97 Å². The van der Waals surface area contributed by atoms with E-state index in [2.05, 4.69) is 13.8 Å². The number of carboxylic acid groups (broad SMARTS) is 1. The molecule has 0 saturated carbocycles. The summed E-state index contributed by atoms with van der Waals surface area (Å²) >= 11 is 0. The average molecular weight is 236 g/mol. The third kappa shape index (κ3) is 4.10. The van der Waals surface area contributed by atoms with Crippen LogP contribution < -0.4 is 4.74 Å². The van der Waals surface area contributed by atoms with Gasteiger partial charge in [0.05, 0.1) is 6.42 Å². The Morgan fingerprint density at radius 3 is 2.47 bits per heavy atom. The molecule has 0 unspecified atom stereocenters. The lowest BCUT2D eigenvalue weighted by molar-refractivity contribution is -0.140. The monoisotopic (exact) mass is 236 g/mol. The predicted molar refractivity (Wildman–Crippen MR) is 67.5 cm³/mol. The zero-order valence-corrected chi connectivity index (χ0v) is 10.9. The summed E-state index contributed by atoms with van der Waals surface area (Å²) in [6.45, 7) is 7.76. The highest BCUT2D eigenvalue weighted by Gasteiger charge is 2.25. The first-order valence-corrected chi connectivity index (χ1v) is 5.81. The Kier molecular flexibility index (Phi) is 4.16. The molecule has 0 fully saturated rings. The van der Waals surface area contributed by atoms with Crippen molar-refractivity contribution in [2.24, 2.45) is 0 Å². The second-order valence-electron chi connectivity index (χ2n) is 5.12. The van der Waals surface area contributed by atoms with Gasteiger partial charge in [-0.05, 0) is 31.4 Å². The lowest BCUT2D eigenvalue weighted by Gasteiger charge is -2.26. The maximum absolute atomic E-state index is 10.7. The summed E-state index contributed by atoms with van der Waals surface area (Å²) in [6.07, 6.45) is -0.0145. The maximum atomic E-state index is 10.7. The summed E-state index contributed by atoms with van der Waals surface area (Å²) < 4.78 is 5.82. The van der Waals surface area contributed by atoms with Crippen molar-refractivity contribution < 1.29 is 14.6 Å². The fraction of sp³-hybridized carbons (Fsp3) is 0.500. The highest BCUT2D eigenvalue weighted by molar-refractivity contribution is 5.68. The molecule has 94 valence electrons. The van der Waals surface area contributed by atoms with Gasteiger partial charge in [0, 0.05) is 0 Å². The van der Waals surface area contributed by atoms with Crippen LogP contribution in [0.15, 0.2) is 24.3 Å². The molecule has 3 heteroatoms. The van der Waals surface area contributed by atoms with Gasteiger partial charge in [0.15, 0.2) is 0 Å². The summed E-state index contributed by atoms with van der Waals surface area (Å²) in [5, 5.41) is 8.83. The van der Waals surface area contributed by atoms with E-state index in [0.717, 1.165) is 11.3 Å². The minimum absolute atomic E-state index is 0.0145. The Morgan fingerprint density at radius 2 is 1.94 bits per heavy atom. The smallest absolute Gasteiger partial charge is 0.307 e. The molecule has 0 radical (unpaired) electrons. The Balaban J connectivity index is 2.91. The quantitative estimate of drug-likeness (QED) is 0.851. The van der Waals surface area contributed by atoms with E-state index in [1.54, 1.807) is 13.8 Å². The van der Waals surface area contributed by atoms with Gasteiger partial charge in [-0.15, -0.1) is 0 Å². The van der Waals surface area contributed by atoms with Crippen molar-refractivity contribution in [3.8, 4) is 5.75 Å². The minimum atomic E-state index is -0.850. The topological polar surface area (TPSA) is 46.5 Å². The molecule has 0 atom stereocenters. The normalized spacial score (nSPS) is 11.6. The Bertz CT molecular complexity index is 394. The van der Waals surface area contributed by atoms with Crippen molar-refractivity contribution in [1.29, 1.82) is 0 Å². The van der Waals surface area contributed by atoms with Crippen molar-refractivity contribution in [2.75, 3.05) is 0 Å². The number of rotatable bonds is 5. The summed E-state index contributed by atoms with van der Waals surface area (Å²) in [5.41, 5.74) is 0.405. The van der Waals surface area contributed by atoms with E-state index in [1.165, 1.54) is 0 Å². The molecule has 0 heterocycles. The lowest BCUT2D eigenvalue weighted by Crippen LogP contribution is -2.31. The summed E-state index contributed by atoms with van der Waals surface area (Å²) in [7, 11) is 0. The number of ether oxygens (including phenoxy) is 1. The molecule has 1 aromatic rings. The van der Waals surface area contributed by atoms with E-state index in [9.17, 15) is 4.79 Å². The van der Waals surface area contributed by atoms with Gasteiger partial charge in [-0.2, -0.15) is 0 Å². The summed E-state index contributed by atoms with van der Waals surface area (Å²) in [6, 6.07) is 7.76. The van der Waals surface area contributed by atoms with Crippen LogP contribution in [0.5, 0.6) is 5.75 Å². The second kappa shape index (κ2) is 5.21. The van der Waals surface area contributed by atoms with Gasteiger partial charge in [-0.25, -0.2) is 0 Å². The van der Waals surface area contributed by atoms with E-state index in [4.69, 9.17) is 9.84 Å². The maximum Gasteiger partial charge on any atom is 0.307 e. The van der Waals surface area contributed by atoms with Gasteiger partial charge in [0.1, 0.15) is 11.4 Å². The number of carboxylic acids is 1. The molecule has 0 aliphatic carbocycles. The first kappa shape index (κ1) is 13.6. The first-order chi connectivity index (χ1) is 7.82. The largest absolute Gasteiger partial charge is 0.487 e. The molecule has 0 aliphatic heterocycles. The second-order valence-corrected chi connectivity index (χ2v) is 5.12. The minimum Gasteiger partial charge on any atom is -0.487 e. The van der Waals surface area contributed by atoms with E-state index < -0.39 is 11.6 Å². The molecule has 0 amide bonds. The van der Waals surface area contributed by atoms with Gasteiger partial charge < -0.3 is 9.84 Å². The molecule has 0 aromatic heterocycles. The van der Waals surface area contributed by atoms with Crippen LogP contribution in [-0.4, -0.2) is 16.7 Å². The van der Waals surface area contributed by atoms with Gasteiger partial charge in [0.25, 0.3) is 0 Å². The summed E-state index contributed by atoms with van der Waals surface area (Å²) in [5.74, 6) is 0.276. The highest BCUT2D eigenvalue weighted by Crippen LogP contribution is 2.29. The molecule has 0 bridgehead atoms. The number of benzene rings is 1. The van der Waals surface area contributed by atoms with Crippen molar-refractivity contribution in [3.63, 3.8) is 0 Å². The van der Waals surface area contributed by atoms with E-state index in [-0.39, 0.29) is 6.42 Å². The van der Waals surface area contributed by atoms with Crippen LogP contribution in [0, 0.1) is 0 Å². The van der Waals surface area contributed by atoms with Crippen LogP contribution in [-0.2, 0) is 4.79 Å². The summed E-state index contributed by atoms with van der Waals surface area (Å²) in [4.78, 5) is 10.7. The van der Waals surface area contributed by atoms with Gasteiger partial charge >= 0.3 is 5.97 Å². The van der Waals surface area contributed by atoms with Crippen molar-refractivity contribution in [1.82, 2.24) is 0 Å². The molecular formula is C14H20O3. The average Bonchev–Trinajstić information content (AvgIpc) is 2.14. The van der Waals surface area contributed by atoms with Crippen LogP contribution >= 0.6 is 0 Å². The van der Waals surface area contributed by atoms with Crippen LogP contribution in [0.1, 0.15) is 45.6 Å². The molecule has 1 aromatic carbocycles. The molecule has 1 rings (SSSR count). The zero-order chi connectivity index (χ0) is 13.1. The Hall–Kier alpha value is -1.51. The molecule has 1 N–H and O–H groups in total. The third-order valence-electron chi connectivity index (χ3n) is 2.50. The zero-order valence-electron chi connectivity index (χ0n) is 10.9. The van der Waals surface area contributed by atoms with Gasteiger partial charge in [-0.1, -0.05) is 32.0 Å². The van der Waals surface area contributed by atoms with Crippen molar-refractivity contribution in [3.05, 3.63) is 29.8 Å². The SMILES string of the molecule is CC(C)c1ccccc1OC(C)(C)CC(=O)O. The number of hydrogen-bond donors (Lipinski definition) is 1. The fourth-order valence-corrected chi connectivity index (χ4v) is 1.75. The van der Waals surface area contributed by atoms with E-state index in [1.807, 2.05) is 24.3 Å². The standard InChI is InChI=1S/C14H20O3/c1-10(2)11-7-5-6-8-12(11)17-14(3,4)9-13(15)16/h5-8,10H,9H2,1-4H3,(H,15,16). The number of aliphatic carboxylic acids is 1. The fourth-order valence-electron chi connectivity index (χ4n) is 1.75. The molecule has 3 nitrogen and oxygen atoms in total. The Labute approximate surface area is 102 Å². The third-order valence-corrected chi connectivity index (χ3v) is 2.50. The highest BCUT2D eigenvalue weighted by atomic mass is 16.5. The van der Waals surface area contributed by atoms with Gasteiger partial charge in [-0.3, -0.25) is 4.79 Å². The first-order valence-electron chi connectivity index (χ1n) is 5.81. The van der Waals surface area contributed by atoms with Crippen LogP contribution in [0.4, 0.5) is 0 Å². The number of carbonyl (C=O) groups is 1. The lowest BCUT2D eigenvalue weighted by atomic mass is 10.0. The van der Waals surface area contributed by atoms with Crippen LogP contribution in [0.2, 0.25) is 0 Å². The number of hydrogen-bond acceptors (Lipinski definition) is 2. The molecule has 0 saturated heterocycles. The molecular weight excluding hydrogens is 216 g/mol. The number of para-hydroxylation sites is 1. The van der Waals surface area contributed by atoms with Crippen LogP contribution in [0.25, 0.3) is 0 Å². The van der Waals surface area contributed by atoms with Crippen LogP contribution in [0.3, 0.4) is 0 Å². The molecule has 17 heavy (non-hydrogen) atoms. The van der Waals surface area contributed by atoms with Crippen molar-refractivity contribution in [2.45, 2.75) is 45.6 Å². The Morgan fingerprint density at radius 1 is 1.35 bits per heavy atom. The predicted octanol–water partition coefficient (Wildman–Crippen LogP) is 3.44. The molecule has 0 spiro atoms. The van der Waals surface area contributed by atoms with E-state index >= 15 is 0 Å². The molecule has 0 aliphatic rings. The van der Waals surface area contributed by atoms with Gasteiger partial charge in [0.2, 0.25) is 0 Å².